The zero-order valence-corrected chi connectivity index (χ0v) is 13.5. The summed E-state index contributed by atoms with van der Waals surface area (Å²) < 4.78 is 10.6. The summed E-state index contributed by atoms with van der Waals surface area (Å²) in [4.78, 5) is 23.5. The van der Waals surface area contributed by atoms with E-state index in [-0.39, 0.29) is 12.4 Å². The molecule has 4 heteroatoms. The van der Waals surface area contributed by atoms with Gasteiger partial charge in [0.25, 0.3) is 0 Å². The highest BCUT2D eigenvalue weighted by Gasteiger charge is 2.08. The standard InChI is InChI=1S/C20H18O4/c1-2-3-14-4-6-15(7-5-14)18(21)13-23-17-10-8-16-9-11-20(22)24-19(16)12-17/h4-12H,2-3,13H2,1H3. The molecule has 0 aliphatic rings. The molecule has 0 fully saturated rings. The molecule has 0 bridgehead atoms. The molecule has 0 saturated heterocycles. The van der Waals surface area contributed by atoms with E-state index in [1.807, 2.05) is 24.3 Å². The van der Waals surface area contributed by atoms with Crippen molar-refractivity contribution in [2.75, 3.05) is 6.61 Å². The van der Waals surface area contributed by atoms with E-state index in [0.29, 0.717) is 16.9 Å². The molecule has 0 aliphatic carbocycles. The molecule has 0 unspecified atom stereocenters. The number of hydrogen-bond acceptors (Lipinski definition) is 4. The molecule has 0 radical (unpaired) electrons. The Labute approximate surface area is 139 Å². The molecule has 1 heterocycles. The lowest BCUT2D eigenvalue weighted by molar-refractivity contribution is 0.0921. The number of benzene rings is 2. The Morgan fingerprint density at radius 3 is 2.54 bits per heavy atom. The second-order valence-electron chi connectivity index (χ2n) is 5.61. The molecule has 3 rings (SSSR count). The fourth-order valence-corrected chi connectivity index (χ4v) is 2.51. The molecule has 1 aromatic heterocycles. The normalized spacial score (nSPS) is 10.7. The Morgan fingerprint density at radius 1 is 1.04 bits per heavy atom. The van der Waals surface area contributed by atoms with Crippen molar-refractivity contribution in [2.45, 2.75) is 19.8 Å². The van der Waals surface area contributed by atoms with Crippen LogP contribution < -0.4 is 10.4 Å². The predicted octanol–water partition coefficient (Wildman–Crippen LogP) is 4.01. The van der Waals surface area contributed by atoms with Crippen LogP contribution in [0.4, 0.5) is 0 Å². The fraction of sp³-hybridized carbons (Fsp3) is 0.200. The Kier molecular flexibility index (Phi) is 4.75. The summed E-state index contributed by atoms with van der Waals surface area (Å²) in [6.07, 6.45) is 2.09. The summed E-state index contributed by atoms with van der Waals surface area (Å²) in [6.45, 7) is 2.06. The molecule has 0 atom stereocenters. The van der Waals surface area contributed by atoms with Gasteiger partial charge in [0.2, 0.25) is 0 Å². The first-order valence-corrected chi connectivity index (χ1v) is 7.94. The van der Waals surface area contributed by atoms with Crippen molar-refractivity contribution in [1.82, 2.24) is 0 Å². The summed E-state index contributed by atoms with van der Waals surface area (Å²) in [7, 11) is 0. The number of ketones is 1. The maximum atomic E-state index is 12.2. The quantitative estimate of drug-likeness (QED) is 0.508. The first-order chi connectivity index (χ1) is 11.7. The number of ether oxygens (including phenoxy) is 1. The third-order valence-electron chi connectivity index (χ3n) is 3.78. The van der Waals surface area contributed by atoms with Gasteiger partial charge in [-0.3, -0.25) is 4.79 Å². The second-order valence-corrected chi connectivity index (χ2v) is 5.61. The largest absolute Gasteiger partial charge is 0.485 e. The Bertz CT molecular complexity index is 907. The van der Waals surface area contributed by atoms with E-state index in [1.54, 1.807) is 24.3 Å². The van der Waals surface area contributed by atoms with Crippen LogP contribution >= 0.6 is 0 Å². The fourth-order valence-electron chi connectivity index (χ4n) is 2.51. The number of carbonyl (C=O) groups excluding carboxylic acids is 1. The minimum absolute atomic E-state index is 0.0598. The van der Waals surface area contributed by atoms with E-state index in [9.17, 15) is 9.59 Å². The van der Waals surface area contributed by atoms with Crippen LogP contribution in [0.25, 0.3) is 11.0 Å². The number of aryl methyl sites for hydroxylation is 1. The van der Waals surface area contributed by atoms with Crippen LogP contribution in [0.15, 0.2) is 63.8 Å². The van der Waals surface area contributed by atoms with E-state index < -0.39 is 5.63 Å². The number of hydrogen-bond donors (Lipinski definition) is 0. The van der Waals surface area contributed by atoms with E-state index in [1.165, 1.54) is 11.6 Å². The third kappa shape index (κ3) is 3.71. The van der Waals surface area contributed by atoms with E-state index >= 15 is 0 Å². The number of fused-ring (bicyclic) bond motifs is 1. The first kappa shape index (κ1) is 16.0. The van der Waals surface area contributed by atoms with Crippen molar-refractivity contribution in [3.63, 3.8) is 0 Å². The highest BCUT2D eigenvalue weighted by molar-refractivity contribution is 5.97. The topological polar surface area (TPSA) is 56.5 Å². The molecule has 24 heavy (non-hydrogen) atoms. The van der Waals surface area contributed by atoms with Gasteiger partial charge in [-0.2, -0.15) is 0 Å². The van der Waals surface area contributed by atoms with Crippen LogP contribution in [0.1, 0.15) is 29.3 Å². The van der Waals surface area contributed by atoms with Gasteiger partial charge in [0.05, 0.1) is 0 Å². The highest BCUT2D eigenvalue weighted by Crippen LogP contribution is 2.19. The monoisotopic (exact) mass is 322 g/mol. The van der Waals surface area contributed by atoms with Crippen LogP contribution in [-0.2, 0) is 6.42 Å². The van der Waals surface area contributed by atoms with Gasteiger partial charge in [0, 0.05) is 23.1 Å². The molecule has 0 spiro atoms. The average Bonchev–Trinajstić information content (AvgIpc) is 2.60. The molecule has 0 aliphatic heterocycles. The van der Waals surface area contributed by atoms with Gasteiger partial charge >= 0.3 is 5.63 Å². The first-order valence-electron chi connectivity index (χ1n) is 7.94. The number of rotatable bonds is 6. The summed E-state index contributed by atoms with van der Waals surface area (Å²) in [5.74, 6) is 0.403. The van der Waals surface area contributed by atoms with E-state index in [0.717, 1.165) is 18.2 Å². The molecule has 0 saturated carbocycles. The van der Waals surface area contributed by atoms with Gasteiger partial charge in [-0.05, 0) is 30.2 Å². The zero-order valence-electron chi connectivity index (χ0n) is 13.5. The lowest BCUT2D eigenvalue weighted by Crippen LogP contribution is -2.11. The highest BCUT2D eigenvalue weighted by atomic mass is 16.5. The Hall–Kier alpha value is -2.88. The van der Waals surface area contributed by atoms with Gasteiger partial charge in [0.15, 0.2) is 12.4 Å². The minimum atomic E-state index is -0.414. The van der Waals surface area contributed by atoms with E-state index in [2.05, 4.69) is 6.92 Å². The van der Waals surface area contributed by atoms with Crippen molar-refractivity contribution >= 4 is 16.8 Å². The van der Waals surface area contributed by atoms with E-state index in [4.69, 9.17) is 9.15 Å². The predicted molar refractivity (Wildman–Crippen MR) is 92.7 cm³/mol. The molecule has 122 valence electrons. The van der Waals surface area contributed by atoms with Crippen molar-refractivity contribution in [3.05, 3.63) is 76.1 Å². The lowest BCUT2D eigenvalue weighted by Gasteiger charge is -2.07. The van der Waals surface area contributed by atoms with Crippen molar-refractivity contribution in [1.29, 1.82) is 0 Å². The Morgan fingerprint density at radius 2 is 1.79 bits per heavy atom. The van der Waals surface area contributed by atoms with Crippen molar-refractivity contribution in [2.24, 2.45) is 0 Å². The summed E-state index contributed by atoms with van der Waals surface area (Å²) in [6, 6.07) is 15.8. The summed E-state index contributed by atoms with van der Waals surface area (Å²) in [5.41, 5.74) is 1.88. The van der Waals surface area contributed by atoms with Crippen LogP contribution in [0.3, 0.4) is 0 Å². The summed E-state index contributed by atoms with van der Waals surface area (Å²) in [5, 5.41) is 0.805. The van der Waals surface area contributed by atoms with Crippen LogP contribution in [-0.4, -0.2) is 12.4 Å². The SMILES string of the molecule is CCCc1ccc(C(=O)COc2ccc3ccc(=O)oc3c2)cc1. The smallest absolute Gasteiger partial charge is 0.336 e. The molecule has 0 amide bonds. The van der Waals surface area contributed by atoms with Crippen molar-refractivity contribution < 1.29 is 13.9 Å². The number of Topliss-reactive ketones (excluding diaryl/α,β-unsaturated/α-hetero) is 1. The van der Waals surface area contributed by atoms with Gasteiger partial charge in [0.1, 0.15) is 11.3 Å². The molecule has 3 aromatic rings. The average molecular weight is 322 g/mol. The van der Waals surface area contributed by atoms with Gasteiger partial charge < -0.3 is 9.15 Å². The molecular weight excluding hydrogens is 304 g/mol. The maximum absolute atomic E-state index is 12.2. The number of carbonyl (C=O) groups is 1. The van der Waals surface area contributed by atoms with Crippen LogP contribution in [0, 0.1) is 0 Å². The molecule has 2 aromatic carbocycles. The van der Waals surface area contributed by atoms with Gasteiger partial charge in [-0.1, -0.05) is 37.6 Å². The zero-order chi connectivity index (χ0) is 16.9. The van der Waals surface area contributed by atoms with Crippen LogP contribution in [0.2, 0.25) is 0 Å². The van der Waals surface area contributed by atoms with Gasteiger partial charge in [-0.15, -0.1) is 0 Å². The van der Waals surface area contributed by atoms with Crippen LogP contribution in [0.5, 0.6) is 5.75 Å². The lowest BCUT2D eigenvalue weighted by atomic mass is 10.1. The minimum Gasteiger partial charge on any atom is -0.485 e. The Balaban J connectivity index is 1.68. The third-order valence-corrected chi connectivity index (χ3v) is 3.78. The maximum Gasteiger partial charge on any atom is 0.336 e. The van der Waals surface area contributed by atoms with Crippen molar-refractivity contribution in [3.8, 4) is 5.75 Å². The van der Waals surface area contributed by atoms with Gasteiger partial charge in [-0.25, -0.2) is 4.79 Å². The second kappa shape index (κ2) is 7.13. The molecule has 4 nitrogen and oxygen atoms in total. The molecular formula is C20H18O4. The summed E-state index contributed by atoms with van der Waals surface area (Å²) >= 11 is 0. The molecule has 0 N–H and O–H groups in total.